The number of carbonyl (C=O) groups excluding carboxylic acids is 1. The molecule has 3 rings (SSSR count). The van der Waals surface area contributed by atoms with E-state index in [4.69, 9.17) is 9.94 Å². The lowest BCUT2D eigenvalue weighted by Gasteiger charge is -2.15. The SMILES string of the molecule is O=C(O)CCCCNC(=O)c1c(O)c2ccccc2n(OCC2CC2)c1=O. The summed E-state index contributed by atoms with van der Waals surface area (Å²) in [6.45, 7) is 0.589. The van der Waals surface area contributed by atoms with E-state index in [1.165, 1.54) is 0 Å². The van der Waals surface area contributed by atoms with Gasteiger partial charge in [-0.3, -0.25) is 14.4 Å². The maximum Gasteiger partial charge on any atom is 0.303 e. The number of rotatable bonds is 9. The molecule has 0 aliphatic heterocycles. The third kappa shape index (κ3) is 4.39. The molecule has 0 radical (unpaired) electrons. The van der Waals surface area contributed by atoms with Crippen molar-refractivity contribution >= 4 is 22.8 Å². The van der Waals surface area contributed by atoms with Crippen molar-refractivity contribution < 1.29 is 24.6 Å². The molecule has 0 spiro atoms. The second kappa shape index (κ2) is 8.11. The molecule has 1 aliphatic carbocycles. The second-order valence-electron chi connectivity index (χ2n) is 6.69. The van der Waals surface area contributed by atoms with Crippen LogP contribution in [-0.4, -0.2) is 40.0 Å². The van der Waals surface area contributed by atoms with Crippen LogP contribution in [0.25, 0.3) is 10.9 Å². The van der Waals surface area contributed by atoms with Crippen molar-refractivity contribution in [1.82, 2.24) is 10.0 Å². The van der Waals surface area contributed by atoms with Crippen molar-refractivity contribution in [2.75, 3.05) is 13.2 Å². The highest BCUT2D eigenvalue weighted by Crippen LogP contribution is 2.29. The van der Waals surface area contributed by atoms with Crippen LogP contribution >= 0.6 is 0 Å². The molecular formula is C19H22N2O6. The third-order valence-corrected chi connectivity index (χ3v) is 4.48. The van der Waals surface area contributed by atoms with Gasteiger partial charge >= 0.3 is 5.97 Å². The molecule has 1 aromatic carbocycles. The van der Waals surface area contributed by atoms with Crippen molar-refractivity contribution in [3.63, 3.8) is 0 Å². The highest BCUT2D eigenvalue weighted by atomic mass is 16.7. The molecule has 8 nitrogen and oxygen atoms in total. The first kappa shape index (κ1) is 18.8. The largest absolute Gasteiger partial charge is 0.506 e. The molecule has 0 atom stereocenters. The van der Waals surface area contributed by atoms with E-state index in [2.05, 4.69) is 5.32 Å². The number of nitrogens with one attached hydrogen (secondary N) is 1. The van der Waals surface area contributed by atoms with Crippen molar-refractivity contribution in [2.24, 2.45) is 5.92 Å². The molecule has 1 heterocycles. The predicted molar refractivity (Wildman–Crippen MR) is 97.9 cm³/mol. The Labute approximate surface area is 155 Å². The number of pyridine rings is 1. The quantitative estimate of drug-likeness (QED) is 0.573. The van der Waals surface area contributed by atoms with Gasteiger partial charge in [-0.15, -0.1) is 4.73 Å². The van der Waals surface area contributed by atoms with E-state index >= 15 is 0 Å². The monoisotopic (exact) mass is 374 g/mol. The van der Waals surface area contributed by atoms with E-state index in [0.717, 1.165) is 17.6 Å². The van der Waals surface area contributed by atoms with Gasteiger partial charge in [0.25, 0.3) is 11.5 Å². The maximum atomic E-state index is 12.8. The average molecular weight is 374 g/mol. The van der Waals surface area contributed by atoms with E-state index in [0.29, 0.717) is 36.3 Å². The molecule has 0 bridgehead atoms. The summed E-state index contributed by atoms with van der Waals surface area (Å²) in [4.78, 5) is 41.4. The highest BCUT2D eigenvalue weighted by Gasteiger charge is 2.26. The summed E-state index contributed by atoms with van der Waals surface area (Å²) < 4.78 is 1.08. The lowest BCUT2D eigenvalue weighted by atomic mass is 10.1. The van der Waals surface area contributed by atoms with Crippen molar-refractivity contribution in [3.8, 4) is 5.75 Å². The molecule has 3 N–H and O–H groups in total. The Bertz CT molecular complexity index is 916. The lowest BCUT2D eigenvalue weighted by Crippen LogP contribution is -2.36. The number of hydrogen-bond acceptors (Lipinski definition) is 5. The number of aliphatic carboxylic acids is 1. The predicted octanol–water partition coefficient (Wildman–Crippen LogP) is 1.53. The van der Waals surface area contributed by atoms with Gasteiger partial charge in [0.05, 0.1) is 5.52 Å². The number of carbonyl (C=O) groups is 2. The maximum absolute atomic E-state index is 12.8. The topological polar surface area (TPSA) is 118 Å². The van der Waals surface area contributed by atoms with Crippen LogP contribution in [0.1, 0.15) is 42.5 Å². The van der Waals surface area contributed by atoms with Gasteiger partial charge in [0, 0.05) is 18.4 Å². The number of nitrogens with zero attached hydrogens (tertiary/aromatic N) is 1. The Balaban J connectivity index is 1.84. The number of para-hydroxylation sites is 1. The molecular weight excluding hydrogens is 352 g/mol. The van der Waals surface area contributed by atoms with Gasteiger partial charge in [-0.1, -0.05) is 12.1 Å². The molecule has 1 aliphatic rings. The fourth-order valence-corrected chi connectivity index (χ4v) is 2.79. The minimum Gasteiger partial charge on any atom is -0.506 e. The van der Waals surface area contributed by atoms with Gasteiger partial charge in [-0.25, -0.2) is 0 Å². The molecule has 1 aromatic heterocycles. The first-order valence-corrected chi connectivity index (χ1v) is 8.99. The molecule has 1 saturated carbocycles. The molecule has 0 unspecified atom stereocenters. The Kier molecular flexibility index (Phi) is 5.63. The van der Waals surface area contributed by atoms with E-state index < -0.39 is 17.4 Å². The summed E-state index contributed by atoms with van der Waals surface area (Å²) in [6.07, 6.45) is 2.98. The van der Waals surface area contributed by atoms with Crippen LogP contribution in [0, 0.1) is 5.92 Å². The number of fused-ring (bicyclic) bond motifs is 1. The van der Waals surface area contributed by atoms with Crippen molar-refractivity contribution in [2.45, 2.75) is 32.1 Å². The van der Waals surface area contributed by atoms with Gasteiger partial charge in [0.1, 0.15) is 17.9 Å². The van der Waals surface area contributed by atoms with Gasteiger partial charge in [-0.2, -0.15) is 0 Å². The summed E-state index contributed by atoms with van der Waals surface area (Å²) in [6, 6.07) is 6.69. The van der Waals surface area contributed by atoms with Gasteiger partial charge in [-0.05, 0) is 43.7 Å². The standard InChI is InChI=1S/C19H22N2O6/c22-15(23)7-3-4-10-20-18(25)16-17(24)13-5-1-2-6-14(13)21(19(16)26)27-11-12-8-9-12/h1-2,5-6,12,24H,3-4,7-11H2,(H,20,25)(H,22,23). The van der Waals surface area contributed by atoms with Gasteiger partial charge < -0.3 is 20.4 Å². The number of hydrogen-bond donors (Lipinski definition) is 3. The number of aromatic nitrogens is 1. The molecule has 0 saturated heterocycles. The van der Waals surface area contributed by atoms with Gasteiger partial charge in [0.15, 0.2) is 0 Å². The van der Waals surface area contributed by atoms with Crippen molar-refractivity contribution in [3.05, 3.63) is 40.2 Å². The van der Waals surface area contributed by atoms with Crippen LogP contribution < -0.4 is 15.7 Å². The Hall–Kier alpha value is -3.03. The summed E-state index contributed by atoms with van der Waals surface area (Å²) in [7, 11) is 0. The summed E-state index contributed by atoms with van der Waals surface area (Å²) in [5, 5.41) is 22.0. The van der Waals surface area contributed by atoms with Crippen LogP contribution in [0.15, 0.2) is 29.1 Å². The van der Waals surface area contributed by atoms with E-state index in [1.54, 1.807) is 24.3 Å². The summed E-state index contributed by atoms with van der Waals surface area (Å²) in [5.41, 5.74) is -0.684. The molecule has 27 heavy (non-hydrogen) atoms. The molecule has 1 amide bonds. The number of carboxylic acids is 1. The van der Waals surface area contributed by atoms with Crippen LogP contribution in [0.5, 0.6) is 5.75 Å². The zero-order valence-electron chi connectivity index (χ0n) is 14.8. The Morgan fingerprint density at radius 3 is 2.67 bits per heavy atom. The fraction of sp³-hybridized carbons (Fsp3) is 0.421. The zero-order chi connectivity index (χ0) is 19.4. The first-order valence-electron chi connectivity index (χ1n) is 8.99. The number of benzene rings is 1. The van der Waals surface area contributed by atoms with Crippen LogP contribution in [-0.2, 0) is 4.79 Å². The first-order chi connectivity index (χ1) is 13.0. The lowest BCUT2D eigenvalue weighted by molar-refractivity contribution is -0.137. The number of aromatic hydroxyl groups is 1. The second-order valence-corrected chi connectivity index (χ2v) is 6.69. The molecule has 2 aromatic rings. The molecule has 144 valence electrons. The van der Waals surface area contributed by atoms with Crippen LogP contribution in [0.2, 0.25) is 0 Å². The number of unbranched alkanes of at least 4 members (excludes halogenated alkanes) is 1. The van der Waals surface area contributed by atoms with Crippen molar-refractivity contribution in [1.29, 1.82) is 0 Å². The minimum absolute atomic E-state index is 0.0128. The van der Waals surface area contributed by atoms with E-state index in [-0.39, 0.29) is 24.3 Å². The Morgan fingerprint density at radius 2 is 1.96 bits per heavy atom. The fourth-order valence-electron chi connectivity index (χ4n) is 2.79. The third-order valence-electron chi connectivity index (χ3n) is 4.48. The van der Waals surface area contributed by atoms with Gasteiger partial charge in [0.2, 0.25) is 0 Å². The average Bonchev–Trinajstić information content (AvgIpc) is 3.45. The number of amides is 1. The zero-order valence-corrected chi connectivity index (χ0v) is 14.8. The summed E-state index contributed by atoms with van der Waals surface area (Å²) in [5.74, 6) is -1.58. The normalized spacial score (nSPS) is 13.5. The van der Waals surface area contributed by atoms with E-state index in [1.807, 2.05) is 0 Å². The molecule has 8 heteroatoms. The smallest absolute Gasteiger partial charge is 0.303 e. The van der Waals surface area contributed by atoms with E-state index in [9.17, 15) is 19.5 Å². The summed E-state index contributed by atoms with van der Waals surface area (Å²) >= 11 is 0. The number of carboxylic acid groups (broad SMARTS) is 1. The van der Waals surface area contributed by atoms with Crippen LogP contribution in [0.4, 0.5) is 0 Å². The van der Waals surface area contributed by atoms with Crippen LogP contribution in [0.3, 0.4) is 0 Å². The molecule has 1 fully saturated rings. The minimum atomic E-state index is -0.899. The highest BCUT2D eigenvalue weighted by molar-refractivity contribution is 6.02. The Morgan fingerprint density at radius 1 is 1.22 bits per heavy atom.